The molecule has 2 heterocycles. The number of likely N-dealkylation sites (tertiary alicyclic amines) is 1. The van der Waals surface area contributed by atoms with Crippen molar-refractivity contribution < 1.29 is 22.8 Å². The van der Waals surface area contributed by atoms with E-state index in [1.54, 1.807) is 4.90 Å². The van der Waals surface area contributed by atoms with Gasteiger partial charge in [-0.05, 0) is 37.8 Å². The van der Waals surface area contributed by atoms with Crippen LogP contribution in [-0.2, 0) is 16.1 Å². The smallest absolute Gasteiger partial charge is 0.338 e. The van der Waals surface area contributed by atoms with E-state index in [0.717, 1.165) is 6.54 Å². The fraction of sp³-hybridized carbons (Fsp3) is 0.600. The molecule has 0 aliphatic carbocycles. The van der Waals surface area contributed by atoms with Crippen LogP contribution in [0.2, 0.25) is 0 Å². The molecular formula is C20H26F3N3O2. The first-order chi connectivity index (χ1) is 13.2. The number of carbonyl (C=O) groups excluding carboxylic acids is 2. The summed E-state index contributed by atoms with van der Waals surface area (Å²) in [4.78, 5) is 28.9. The lowest BCUT2D eigenvalue weighted by molar-refractivity contribution is -0.187. The summed E-state index contributed by atoms with van der Waals surface area (Å²) in [6.07, 6.45) is -4.22. The summed E-state index contributed by atoms with van der Waals surface area (Å²) in [5.74, 6) is -2.27. The molecule has 1 aromatic carbocycles. The Morgan fingerprint density at radius 1 is 1.07 bits per heavy atom. The lowest BCUT2D eigenvalue weighted by atomic mass is 10.0. The molecule has 0 saturated carbocycles. The molecule has 8 heteroatoms. The summed E-state index contributed by atoms with van der Waals surface area (Å²) in [7, 11) is 0. The Morgan fingerprint density at radius 3 is 2.39 bits per heavy atom. The second kappa shape index (κ2) is 8.11. The minimum absolute atomic E-state index is 0.0125. The van der Waals surface area contributed by atoms with Gasteiger partial charge in [0.15, 0.2) is 0 Å². The summed E-state index contributed by atoms with van der Waals surface area (Å²) in [6.45, 7) is 7.16. The van der Waals surface area contributed by atoms with Gasteiger partial charge in [0, 0.05) is 39.3 Å². The van der Waals surface area contributed by atoms with Gasteiger partial charge in [-0.15, -0.1) is 0 Å². The van der Waals surface area contributed by atoms with Crippen molar-refractivity contribution in [3.8, 4) is 0 Å². The number of benzene rings is 1. The number of carbonyl (C=O) groups is 2. The Bertz CT molecular complexity index is 743. The SMILES string of the molecule is Cc1ccc(C)c(CN2CCN(C(=O)C3CCCN3C(=O)C(F)(F)F)CC2)c1. The zero-order chi connectivity index (χ0) is 20.5. The second-order valence-electron chi connectivity index (χ2n) is 7.69. The van der Waals surface area contributed by atoms with E-state index in [4.69, 9.17) is 0 Å². The van der Waals surface area contributed by atoms with Crippen LogP contribution in [0.1, 0.15) is 29.5 Å². The quantitative estimate of drug-likeness (QED) is 0.787. The molecule has 28 heavy (non-hydrogen) atoms. The van der Waals surface area contributed by atoms with Gasteiger partial charge in [0.05, 0.1) is 0 Å². The van der Waals surface area contributed by atoms with Crippen molar-refractivity contribution in [2.24, 2.45) is 0 Å². The van der Waals surface area contributed by atoms with E-state index in [0.29, 0.717) is 43.9 Å². The van der Waals surface area contributed by atoms with Crippen molar-refractivity contribution in [2.75, 3.05) is 32.7 Å². The molecule has 2 aliphatic rings. The molecule has 2 amide bonds. The number of hydrogen-bond donors (Lipinski definition) is 0. The van der Waals surface area contributed by atoms with E-state index < -0.39 is 18.1 Å². The molecule has 0 N–H and O–H groups in total. The highest BCUT2D eigenvalue weighted by molar-refractivity contribution is 5.90. The van der Waals surface area contributed by atoms with Gasteiger partial charge in [-0.3, -0.25) is 14.5 Å². The molecule has 1 unspecified atom stereocenters. The normalized spacial score (nSPS) is 21.2. The third-order valence-electron chi connectivity index (χ3n) is 5.62. The van der Waals surface area contributed by atoms with Crippen LogP contribution in [0.4, 0.5) is 13.2 Å². The van der Waals surface area contributed by atoms with Gasteiger partial charge in [0.1, 0.15) is 6.04 Å². The van der Waals surface area contributed by atoms with Crippen molar-refractivity contribution in [2.45, 2.75) is 45.5 Å². The Balaban J connectivity index is 1.57. The minimum Gasteiger partial charge on any atom is -0.338 e. The molecule has 0 bridgehead atoms. The van der Waals surface area contributed by atoms with Crippen LogP contribution in [0.5, 0.6) is 0 Å². The van der Waals surface area contributed by atoms with Crippen molar-refractivity contribution >= 4 is 11.8 Å². The third-order valence-corrected chi connectivity index (χ3v) is 5.62. The highest BCUT2D eigenvalue weighted by atomic mass is 19.4. The van der Waals surface area contributed by atoms with E-state index >= 15 is 0 Å². The maximum Gasteiger partial charge on any atom is 0.471 e. The van der Waals surface area contributed by atoms with E-state index in [1.165, 1.54) is 16.7 Å². The van der Waals surface area contributed by atoms with Crippen LogP contribution in [-0.4, -0.2) is 71.5 Å². The van der Waals surface area contributed by atoms with Gasteiger partial charge in [-0.2, -0.15) is 13.2 Å². The molecule has 0 aromatic heterocycles. The van der Waals surface area contributed by atoms with Gasteiger partial charge < -0.3 is 9.80 Å². The average molecular weight is 397 g/mol. The van der Waals surface area contributed by atoms with Crippen LogP contribution in [0, 0.1) is 13.8 Å². The maximum absolute atomic E-state index is 12.8. The summed E-state index contributed by atoms with van der Waals surface area (Å²) in [5, 5.41) is 0. The number of alkyl halides is 3. The standard InChI is InChI=1S/C20H26F3N3O2/c1-14-5-6-15(2)16(12-14)13-24-8-10-25(11-9-24)18(27)17-4-3-7-26(17)19(28)20(21,22)23/h5-6,12,17H,3-4,7-11,13H2,1-2H3. The topological polar surface area (TPSA) is 43.9 Å². The average Bonchev–Trinajstić information content (AvgIpc) is 3.13. The molecule has 1 atom stereocenters. The lowest BCUT2D eigenvalue weighted by Gasteiger charge is -2.37. The van der Waals surface area contributed by atoms with Crippen molar-refractivity contribution in [3.05, 3.63) is 34.9 Å². The molecule has 3 rings (SSSR count). The summed E-state index contributed by atoms with van der Waals surface area (Å²) in [6, 6.07) is 5.34. The van der Waals surface area contributed by atoms with Gasteiger partial charge in [-0.1, -0.05) is 23.8 Å². The van der Waals surface area contributed by atoms with E-state index in [2.05, 4.69) is 36.9 Å². The van der Waals surface area contributed by atoms with Gasteiger partial charge >= 0.3 is 12.1 Å². The lowest BCUT2D eigenvalue weighted by Crippen LogP contribution is -2.55. The Morgan fingerprint density at radius 2 is 1.75 bits per heavy atom. The molecule has 2 fully saturated rings. The molecule has 5 nitrogen and oxygen atoms in total. The van der Waals surface area contributed by atoms with E-state index in [-0.39, 0.29) is 12.5 Å². The van der Waals surface area contributed by atoms with Gasteiger partial charge in [0.2, 0.25) is 5.91 Å². The minimum atomic E-state index is -4.94. The van der Waals surface area contributed by atoms with Gasteiger partial charge in [0.25, 0.3) is 0 Å². The molecule has 2 saturated heterocycles. The van der Waals surface area contributed by atoms with Crippen LogP contribution >= 0.6 is 0 Å². The van der Waals surface area contributed by atoms with Crippen LogP contribution in [0.15, 0.2) is 18.2 Å². The predicted octanol–water partition coefficient (Wildman–Crippen LogP) is 2.50. The summed E-state index contributed by atoms with van der Waals surface area (Å²) in [5.41, 5.74) is 3.67. The number of amides is 2. The fourth-order valence-electron chi connectivity index (χ4n) is 3.98. The Labute approximate surface area is 163 Å². The van der Waals surface area contributed by atoms with Gasteiger partial charge in [-0.25, -0.2) is 0 Å². The number of halogens is 3. The number of hydrogen-bond acceptors (Lipinski definition) is 3. The maximum atomic E-state index is 12.8. The van der Waals surface area contributed by atoms with Crippen LogP contribution < -0.4 is 0 Å². The molecular weight excluding hydrogens is 371 g/mol. The van der Waals surface area contributed by atoms with Crippen LogP contribution in [0.25, 0.3) is 0 Å². The second-order valence-corrected chi connectivity index (χ2v) is 7.69. The summed E-state index contributed by atoms with van der Waals surface area (Å²) >= 11 is 0. The Hall–Kier alpha value is -2.09. The molecule has 0 spiro atoms. The third kappa shape index (κ3) is 4.48. The largest absolute Gasteiger partial charge is 0.471 e. The molecule has 1 aromatic rings. The molecule has 0 radical (unpaired) electrons. The zero-order valence-corrected chi connectivity index (χ0v) is 16.3. The summed E-state index contributed by atoms with van der Waals surface area (Å²) < 4.78 is 38.3. The predicted molar refractivity (Wildman–Crippen MR) is 98.6 cm³/mol. The highest BCUT2D eigenvalue weighted by Crippen LogP contribution is 2.27. The Kier molecular flexibility index (Phi) is 5.98. The first-order valence-electron chi connectivity index (χ1n) is 9.62. The van der Waals surface area contributed by atoms with E-state index in [1.807, 2.05) is 0 Å². The number of aryl methyl sites for hydroxylation is 2. The first kappa shape index (κ1) is 20.6. The van der Waals surface area contributed by atoms with E-state index in [9.17, 15) is 22.8 Å². The highest BCUT2D eigenvalue weighted by Gasteiger charge is 2.48. The van der Waals surface area contributed by atoms with Crippen molar-refractivity contribution in [1.29, 1.82) is 0 Å². The molecule has 154 valence electrons. The zero-order valence-electron chi connectivity index (χ0n) is 16.3. The number of nitrogens with zero attached hydrogens (tertiary/aromatic N) is 3. The number of rotatable bonds is 3. The number of piperazine rings is 1. The van der Waals surface area contributed by atoms with Crippen molar-refractivity contribution in [1.82, 2.24) is 14.7 Å². The fourth-order valence-corrected chi connectivity index (χ4v) is 3.98. The van der Waals surface area contributed by atoms with Crippen LogP contribution in [0.3, 0.4) is 0 Å². The van der Waals surface area contributed by atoms with Crippen molar-refractivity contribution in [3.63, 3.8) is 0 Å². The monoisotopic (exact) mass is 397 g/mol. The molecule has 2 aliphatic heterocycles. The first-order valence-corrected chi connectivity index (χ1v) is 9.62.